The molecule has 84 valence electrons. The summed E-state index contributed by atoms with van der Waals surface area (Å²) in [7, 11) is -3.24. The molecule has 0 atom stereocenters. The third-order valence-corrected chi connectivity index (χ3v) is 3.89. The molecule has 7 heteroatoms. The Morgan fingerprint density at radius 2 is 2.20 bits per heavy atom. The smallest absolute Gasteiger partial charge is 0.235 e. The van der Waals surface area contributed by atoms with Crippen LogP contribution in [-0.2, 0) is 21.2 Å². The summed E-state index contributed by atoms with van der Waals surface area (Å²) < 4.78 is 22.6. The maximum atomic E-state index is 11.1. The number of carbonyl (C=O) groups excluding carboxylic acids is 1. The number of nitrogens with one attached hydrogen (secondary N) is 1. The number of carbonyl (C=O) groups is 1. The van der Waals surface area contributed by atoms with Gasteiger partial charge in [0.2, 0.25) is 5.91 Å². The first kappa shape index (κ1) is 12.7. The van der Waals surface area contributed by atoms with Gasteiger partial charge in [0.05, 0.1) is 10.3 Å². The van der Waals surface area contributed by atoms with Crippen LogP contribution in [0.1, 0.15) is 4.88 Å². The number of thiophene rings is 1. The van der Waals surface area contributed by atoms with E-state index in [1.54, 1.807) is 0 Å². The van der Waals surface area contributed by atoms with Crippen LogP contribution >= 0.6 is 27.3 Å². The molecular formula is C8H10BrNO3S2. The predicted octanol–water partition coefficient (Wildman–Crippen LogP) is 1.17. The summed E-state index contributed by atoms with van der Waals surface area (Å²) in [5, 5.41) is 2.54. The molecule has 0 fully saturated rings. The summed E-state index contributed by atoms with van der Waals surface area (Å²) in [6, 6.07) is 3.75. The van der Waals surface area contributed by atoms with Gasteiger partial charge in [0.15, 0.2) is 9.84 Å². The molecular weight excluding hydrogens is 302 g/mol. The van der Waals surface area contributed by atoms with Crippen LogP contribution in [0.4, 0.5) is 0 Å². The zero-order valence-corrected chi connectivity index (χ0v) is 11.2. The summed E-state index contributed by atoms with van der Waals surface area (Å²) in [5.74, 6) is -0.929. The minimum atomic E-state index is -3.24. The van der Waals surface area contributed by atoms with Gasteiger partial charge in [-0.25, -0.2) is 8.42 Å². The van der Waals surface area contributed by atoms with Crippen molar-refractivity contribution in [1.82, 2.24) is 5.32 Å². The average Bonchev–Trinajstić information content (AvgIpc) is 2.45. The van der Waals surface area contributed by atoms with Crippen molar-refractivity contribution in [2.75, 3.05) is 12.0 Å². The molecule has 0 aliphatic rings. The van der Waals surface area contributed by atoms with E-state index < -0.39 is 21.5 Å². The molecule has 1 N–H and O–H groups in total. The normalized spacial score (nSPS) is 11.3. The Bertz CT molecular complexity index is 452. The Balaban J connectivity index is 2.41. The molecule has 1 amide bonds. The standard InChI is InChI=1S/C8H10BrNO3S2/c1-15(12,13)5-8(11)10-4-6-2-3-7(9)14-6/h2-3H,4-5H2,1H3,(H,10,11). The first-order valence-electron chi connectivity index (χ1n) is 4.05. The first-order valence-corrected chi connectivity index (χ1v) is 7.72. The van der Waals surface area contributed by atoms with Gasteiger partial charge in [-0.15, -0.1) is 11.3 Å². The van der Waals surface area contributed by atoms with E-state index in [-0.39, 0.29) is 0 Å². The van der Waals surface area contributed by atoms with Crippen molar-refractivity contribution in [3.8, 4) is 0 Å². The molecule has 1 rings (SSSR count). The third kappa shape index (κ3) is 5.29. The zero-order chi connectivity index (χ0) is 11.5. The summed E-state index contributed by atoms with van der Waals surface area (Å²) >= 11 is 4.80. The van der Waals surface area contributed by atoms with Crippen molar-refractivity contribution in [3.63, 3.8) is 0 Å². The maximum Gasteiger partial charge on any atom is 0.235 e. The highest BCUT2D eigenvalue weighted by molar-refractivity contribution is 9.11. The van der Waals surface area contributed by atoms with Crippen molar-refractivity contribution in [2.45, 2.75) is 6.54 Å². The second-order valence-corrected chi connectivity index (χ2v) is 7.74. The molecule has 0 radical (unpaired) electrons. The van der Waals surface area contributed by atoms with Gasteiger partial charge in [-0.1, -0.05) is 0 Å². The summed E-state index contributed by atoms with van der Waals surface area (Å²) in [5.41, 5.74) is 0. The highest BCUT2D eigenvalue weighted by atomic mass is 79.9. The molecule has 0 spiro atoms. The van der Waals surface area contributed by atoms with Crippen molar-refractivity contribution in [1.29, 1.82) is 0 Å². The van der Waals surface area contributed by atoms with Crippen LogP contribution < -0.4 is 5.32 Å². The number of sulfone groups is 1. The number of rotatable bonds is 4. The Labute approximate surface area is 101 Å². The summed E-state index contributed by atoms with van der Waals surface area (Å²) in [4.78, 5) is 12.1. The van der Waals surface area contributed by atoms with E-state index in [0.717, 1.165) is 14.9 Å². The minimum Gasteiger partial charge on any atom is -0.350 e. The van der Waals surface area contributed by atoms with Gasteiger partial charge in [0, 0.05) is 11.1 Å². The van der Waals surface area contributed by atoms with Gasteiger partial charge >= 0.3 is 0 Å². The van der Waals surface area contributed by atoms with E-state index in [0.29, 0.717) is 6.54 Å². The Kier molecular flexibility index (Phi) is 4.30. The van der Waals surface area contributed by atoms with Crippen molar-refractivity contribution < 1.29 is 13.2 Å². The molecule has 1 aromatic rings. The lowest BCUT2D eigenvalue weighted by Gasteiger charge is -2.01. The van der Waals surface area contributed by atoms with Crippen LogP contribution in [0.2, 0.25) is 0 Å². The molecule has 0 aliphatic carbocycles. The lowest BCUT2D eigenvalue weighted by molar-refractivity contribution is -0.118. The largest absolute Gasteiger partial charge is 0.350 e. The molecule has 0 aromatic carbocycles. The maximum absolute atomic E-state index is 11.1. The average molecular weight is 312 g/mol. The van der Waals surface area contributed by atoms with Gasteiger partial charge in [-0.05, 0) is 28.1 Å². The Morgan fingerprint density at radius 1 is 1.53 bits per heavy atom. The van der Waals surface area contributed by atoms with Gasteiger partial charge in [-0.2, -0.15) is 0 Å². The zero-order valence-electron chi connectivity index (χ0n) is 7.99. The van der Waals surface area contributed by atoms with Crippen LogP contribution in [0.25, 0.3) is 0 Å². The van der Waals surface area contributed by atoms with E-state index in [2.05, 4.69) is 21.2 Å². The van der Waals surface area contributed by atoms with Crippen molar-refractivity contribution >= 4 is 43.0 Å². The molecule has 0 aliphatic heterocycles. The van der Waals surface area contributed by atoms with Crippen molar-refractivity contribution in [2.24, 2.45) is 0 Å². The number of amides is 1. The molecule has 0 unspecified atom stereocenters. The van der Waals surface area contributed by atoms with E-state index in [1.807, 2.05) is 12.1 Å². The molecule has 1 aromatic heterocycles. The third-order valence-electron chi connectivity index (χ3n) is 1.48. The van der Waals surface area contributed by atoms with Gasteiger partial charge in [-0.3, -0.25) is 4.79 Å². The van der Waals surface area contributed by atoms with E-state index in [9.17, 15) is 13.2 Å². The first-order chi connectivity index (χ1) is 6.87. The number of hydrogen-bond donors (Lipinski definition) is 1. The van der Waals surface area contributed by atoms with Gasteiger partial charge in [0.25, 0.3) is 0 Å². The van der Waals surface area contributed by atoms with Crippen LogP contribution in [-0.4, -0.2) is 26.3 Å². The van der Waals surface area contributed by atoms with Gasteiger partial charge < -0.3 is 5.32 Å². The minimum absolute atomic E-state index is 0.366. The quantitative estimate of drug-likeness (QED) is 0.908. The summed E-state index contributed by atoms with van der Waals surface area (Å²) in [6.45, 7) is 0.366. The second-order valence-electron chi connectivity index (χ2n) is 3.05. The van der Waals surface area contributed by atoms with Gasteiger partial charge in [0.1, 0.15) is 5.75 Å². The monoisotopic (exact) mass is 311 g/mol. The summed E-state index contributed by atoms with van der Waals surface area (Å²) in [6.07, 6.45) is 1.04. The van der Waals surface area contributed by atoms with Crippen LogP contribution in [0, 0.1) is 0 Å². The van der Waals surface area contributed by atoms with Crippen LogP contribution in [0.5, 0.6) is 0 Å². The second kappa shape index (κ2) is 5.09. The Hall–Kier alpha value is -0.400. The predicted molar refractivity (Wildman–Crippen MR) is 63.6 cm³/mol. The number of hydrogen-bond acceptors (Lipinski definition) is 4. The van der Waals surface area contributed by atoms with Crippen LogP contribution in [0.15, 0.2) is 15.9 Å². The fraction of sp³-hybridized carbons (Fsp3) is 0.375. The molecule has 0 saturated carbocycles. The molecule has 4 nitrogen and oxygen atoms in total. The highest BCUT2D eigenvalue weighted by Gasteiger charge is 2.10. The van der Waals surface area contributed by atoms with Crippen LogP contribution in [0.3, 0.4) is 0 Å². The lowest BCUT2D eigenvalue weighted by Crippen LogP contribution is -2.29. The van der Waals surface area contributed by atoms with Crippen molar-refractivity contribution in [3.05, 3.63) is 20.8 Å². The highest BCUT2D eigenvalue weighted by Crippen LogP contribution is 2.21. The van der Waals surface area contributed by atoms with E-state index in [4.69, 9.17) is 0 Å². The molecule has 1 heterocycles. The fourth-order valence-corrected chi connectivity index (χ4v) is 2.92. The molecule has 0 saturated heterocycles. The van der Waals surface area contributed by atoms with E-state index >= 15 is 0 Å². The SMILES string of the molecule is CS(=O)(=O)CC(=O)NCc1ccc(Br)s1. The number of halogens is 1. The Morgan fingerprint density at radius 3 is 2.67 bits per heavy atom. The fourth-order valence-electron chi connectivity index (χ4n) is 0.922. The lowest BCUT2D eigenvalue weighted by atomic mass is 10.4. The topological polar surface area (TPSA) is 63.2 Å². The molecule has 15 heavy (non-hydrogen) atoms. The molecule has 0 bridgehead atoms. The van der Waals surface area contributed by atoms with E-state index in [1.165, 1.54) is 11.3 Å².